The molecule has 8 heteroatoms. The van der Waals surface area contributed by atoms with Crippen LogP contribution in [0.5, 0.6) is 0 Å². The molecule has 1 aliphatic heterocycles. The SMILES string of the molecule is Cc1ccc(S(=O)(=O)C2=C(O)C(=O)N(Cc3ccc(F)cc3)[C@@H]2c2ccc(Cl)cc2)cc1. The summed E-state index contributed by atoms with van der Waals surface area (Å²) in [6.07, 6.45) is 0. The van der Waals surface area contributed by atoms with Gasteiger partial charge in [0.15, 0.2) is 5.76 Å². The Morgan fingerprint density at radius 3 is 2.16 bits per heavy atom. The second-order valence-corrected chi connectivity index (χ2v) is 9.90. The molecule has 1 amide bonds. The first-order chi connectivity index (χ1) is 15.2. The van der Waals surface area contributed by atoms with Crippen molar-refractivity contribution in [3.63, 3.8) is 0 Å². The molecule has 1 aliphatic rings. The second kappa shape index (κ2) is 8.41. The minimum atomic E-state index is -4.20. The van der Waals surface area contributed by atoms with E-state index in [1.54, 1.807) is 36.4 Å². The van der Waals surface area contributed by atoms with Crippen molar-refractivity contribution in [1.82, 2.24) is 4.90 Å². The lowest BCUT2D eigenvalue weighted by Gasteiger charge is -2.27. The summed E-state index contributed by atoms with van der Waals surface area (Å²) in [5.41, 5.74) is 1.93. The lowest BCUT2D eigenvalue weighted by atomic mass is 10.1. The molecular weight excluding hydrogens is 453 g/mol. The van der Waals surface area contributed by atoms with Gasteiger partial charge in [-0.05, 0) is 54.4 Å². The number of hydrogen-bond acceptors (Lipinski definition) is 4. The fraction of sp³-hybridized carbons (Fsp3) is 0.125. The summed E-state index contributed by atoms with van der Waals surface area (Å²) >= 11 is 6.00. The first kappa shape index (κ1) is 22.0. The van der Waals surface area contributed by atoms with Crippen molar-refractivity contribution in [3.8, 4) is 0 Å². The van der Waals surface area contributed by atoms with Crippen molar-refractivity contribution in [1.29, 1.82) is 0 Å². The Morgan fingerprint density at radius 1 is 0.969 bits per heavy atom. The summed E-state index contributed by atoms with van der Waals surface area (Å²) in [5, 5.41) is 11.2. The van der Waals surface area contributed by atoms with Crippen LogP contribution in [-0.2, 0) is 21.2 Å². The molecule has 4 rings (SSSR count). The summed E-state index contributed by atoms with van der Waals surface area (Å²) in [5.74, 6) is -2.08. The number of sulfone groups is 1. The number of hydrogen-bond donors (Lipinski definition) is 1. The summed E-state index contributed by atoms with van der Waals surface area (Å²) in [4.78, 5) is 13.9. The highest BCUT2D eigenvalue weighted by Crippen LogP contribution is 2.43. The van der Waals surface area contributed by atoms with Gasteiger partial charge in [-0.2, -0.15) is 0 Å². The largest absolute Gasteiger partial charge is 0.502 e. The van der Waals surface area contributed by atoms with Gasteiger partial charge in [0.2, 0.25) is 9.84 Å². The predicted molar refractivity (Wildman–Crippen MR) is 119 cm³/mol. The molecule has 0 bridgehead atoms. The first-order valence-corrected chi connectivity index (χ1v) is 11.6. The van der Waals surface area contributed by atoms with E-state index in [9.17, 15) is 22.7 Å². The van der Waals surface area contributed by atoms with Crippen LogP contribution in [0, 0.1) is 12.7 Å². The summed E-state index contributed by atoms with van der Waals surface area (Å²) in [7, 11) is -4.20. The Balaban J connectivity index is 1.84. The molecule has 0 spiro atoms. The molecule has 5 nitrogen and oxygen atoms in total. The number of aliphatic hydroxyl groups excluding tert-OH is 1. The number of halogens is 2. The van der Waals surface area contributed by atoms with Crippen LogP contribution in [0.1, 0.15) is 22.7 Å². The van der Waals surface area contributed by atoms with E-state index in [2.05, 4.69) is 0 Å². The van der Waals surface area contributed by atoms with Gasteiger partial charge in [0.1, 0.15) is 10.7 Å². The van der Waals surface area contributed by atoms with Crippen molar-refractivity contribution in [2.24, 2.45) is 0 Å². The predicted octanol–water partition coefficient (Wildman–Crippen LogP) is 5.11. The van der Waals surface area contributed by atoms with Crippen LogP contribution in [-0.4, -0.2) is 24.3 Å². The van der Waals surface area contributed by atoms with E-state index >= 15 is 0 Å². The molecule has 0 saturated heterocycles. The Labute approximate surface area is 190 Å². The van der Waals surface area contributed by atoms with Gasteiger partial charge >= 0.3 is 0 Å². The maximum Gasteiger partial charge on any atom is 0.290 e. The maximum absolute atomic E-state index is 13.5. The van der Waals surface area contributed by atoms with Gasteiger partial charge in [-0.25, -0.2) is 12.8 Å². The topological polar surface area (TPSA) is 74.7 Å². The highest BCUT2D eigenvalue weighted by molar-refractivity contribution is 7.95. The third kappa shape index (κ3) is 4.01. The van der Waals surface area contributed by atoms with Crippen LogP contribution in [0.2, 0.25) is 5.02 Å². The average Bonchev–Trinajstić information content (AvgIpc) is 3.01. The highest BCUT2D eigenvalue weighted by Gasteiger charge is 2.46. The number of benzene rings is 3. The van der Waals surface area contributed by atoms with E-state index in [-0.39, 0.29) is 11.4 Å². The lowest BCUT2D eigenvalue weighted by Crippen LogP contribution is -2.30. The van der Waals surface area contributed by atoms with Crippen molar-refractivity contribution in [3.05, 3.63) is 111 Å². The van der Waals surface area contributed by atoms with E-state index in [0.29, 0.717) is 16.1 Å². The Kier molecular flexibility index (Phi) is 5.79. The number of carbonyl (C=O) groups is 1. The smallest absolute Gasteiger partial charge is 0.290 e. The number of nitrogens with zero attached hydrogens (tertiary/aromatic N) is 1. The molecule has 1 N–H and O–H groups in total. The molecule has 0 aliphatic carbocycles. The quantitative estimate of drug-likeness (QED) is 0.560. The summed E-state index contributed by atoms with van der Waals surface area (Å²) < 4.78 is 40.4. The molecule has 1 heterocycles. The molecule has 3 aromatic rings. The average molecular weight is 472 g/mol. The van der Waals surface area contributed by atoms with Crippen molar-refractivity contribution in [2.75, 3.05) is 0 Å². The van der Waals surface area contributed by atoms with Crippen LogP contribution in [0.15, 0.2) is 88.4 Å². The van der Waals surface area contributed by atoms with Crippen molar-refractivity contribution >= 4 is 27.3 Å². The third-order valence-electron chi connectivity index (χ3n) is 5.33. The number of amides is 1. The van der Waals surface area contributed by atoms with Crippen molar-refractivity contribution < 1.29 is 22.7 Å². The fourth-order valence-corrected chi connectivity index (χ4v) is 5.45. The monoisotopic (exact) mass is 471 g/mol. The number of aryl methyl sites for hydroxylation is 1. The molecule has 164 valence electrons. The highest BCUT2D eigenvalue weighted by atomic mass is 35.5. The molecule has 3 aromatic carbocycles. The van der Waals surface area contributed by atoms with E-state index in [4.69, 9.17) is 11.6 Å². The van der Waals surface area contributed by atoms with Gasteiger partial charge in [0.25, 0.3) is 5.91 Å². The zero-order valence-corrected chi connectivity index (χ0v) is 18.6. The van der Waals surface area contributed by atoms with E-state index in [0.717, 1.165) is 5.56 Å². The zero-order valence-electron chi connectivity index (χ0n) is 17.0. The molecule has 0 unspecified atom stereocenters. The Morgan fingerprint density at radius 2 is 1.56 bits per heavy atom. The minimum Gasteiger partial charge on any atom is -0.502 e. The van der Waals surface area contributed by atoms with E-state index in [1.807, 2.05) is 6.92 Å². The summed E-state index contributed by atoms with van der Waals surface area (Å²) in [6, 6.07) is 17.0. The van der Waals surface area contributed by atoms with E-state index in [1.165, 1.54) is 41.3 Å². The van der Waals surface area contributed by atoms with Gasteiger partial charge in [-0.3, -0.25) is 4.79 Å². The van der Waals surface area contributed by atoms with Gasteiger partial charge in [0, 0.05) is 11.6 Å². The van der Waals surface area contributed by atoms with Crippen LogP contribution in [0.4, 0.5) is 4.39 Å². The third-order valence-corrected chi connectivity index (χ3v) is 7.47. The van der Waals surface area contributed by atoms with Crippen LogP contribution >= 0.6 is 11.6 Å². The maximum atomic E-state index is 13.5. The fourth-order valence-electron chi connectivity index (χ4n) is 3.67. The molecule has 0 aromatic heterocycles. The van der Waals surface area contributed by atoms with Crippen LogP contribution in [0.3, 0.4) is 0 Å². The molecule has 0 saturated carbocycles. The van der Waals surface area contributed by atoms with Crippen LogP contribution < -0.4 is 0 Å². The minimum absolute atomic E-state index is 0.0244. The normalized spacial score (nSPS) is 16.7. The number of aliphatic hydroxyl groups is 1. The molecule has 32 heavy (non-hydrogen) atoms. The molecule has 0 fully saturated rings. The number of carbonyl (C=O) groups excluding carboxylic acids is 1. The first-order valence-electron chi connectivity index (χ1n) is 9.74. The number of rotatable bonds is 5. The van der Waals surface area contributed by atoms with Gasteiger partial charge in [-0.1, -0.05) is 53.6 Å². The Hall–Kier alpha value is -3.16. The van der Waals surface area contributed by atoms with E-state index < -0.39 is 38.3 Å². The van der Waals surface area contributed by atoms with Gasteiger partial charge in [-0.15, -0.1) is 0 Å². The molecule has 1 atom stereocenters. The van der Waals surface area contributed by atoms with Crippen molar-refractivity contribution in [2.45, 2.75) is 24.4 Å². The van der Waals surface area contributed by atoms with Crippen LogP contribution in [0.25, 0.3) is 0 Å². The zero-order chi connectivity index (χ0) is 23.0. The molecular formula is C24H19ClFNO4S. The van der Waals surface area contributed by atoms with Gasteiger partial charge in [0.05, 0.1) is 10.9 Å². The second-order valence-electron chi connectivity index (χ2n) is 7.54. The molecule has 0 radical (unpaired) electrons. The van der Waals surface area contributed by atoms with Gasteiger partial charge < -0.3 is 10.0 Å². The Bertz CT molecular complexity index is 1300. The lowest BCUT2D eigenvalue weighted by molar-refractivity contribution is -0.130. The standard InChI is InChI=1S/C24H19ClFNO4S/c1-15-2-12-20(13-3-15)32(30,31)23-21(17-6-8-18(25)9-7-17)27(24(29)22(23)28)14-16-4-10-19(26)11-5-16/h2-13,21,28H,14H2,1H3/t21-/m1/s1. The summed E-state index contributed by atoms with van der Waals surface area (Å²) in [6.45, 7) is 1.80.